The number of carboxylic acid groups (broad SMARTS) is 1. The number of nitrogens with zero attached hydrogens (tertiary/aromatic N) is 3. The molecule has 1 fully saturated rings. The molecule has 0 radical (unpaired) electrons. The SMILES string of the molecule is CCCCS(=O)(=O)NC(CNC(=O)CN1C(=O)N(C)C(C)(c2ccc(C=NN)cc2)C1=O)C(=O)O. The maximum Gasteiger partial charge on any atom is 0.328 e. The largest absolute Gasteiger partial charge is 0.480 e. The van der Waals surface area contributed by atoms with E-state index in [4.69, 9.17) is 5.84 Å². The van der Waals surface area contributed by atoms with Crippen LogP contribution in [0.2, 0.25) is 0 Å². The number of nitrogens with one attached hydrogen (secondary N) is 2. The lowest BCUT2D eigenvalue weighted by molar-refractivity contribution is -0.139. The fourth-order valence-electron chi connectivity index (χ4n) is 3.51. The molecule has 0 aromatic heterocycles. The van der Waals surface area contributed by atoms with Crippen molar-refractivity contribution in [1.29, 1.82) is 0 Å². The normalized spacial score (nSPS) is 19.4. The molecule has 1 saturated heterocycles. The summed E-state index contributed by atoms with van der Waals surface area (Å²) in [6.45, 7) is 2.11. The van der Waals surface area contributed by atoms with E-state index in [0.717, 1.165) is 4.90 Å². The average molecular weight is 511 g/mol. The van der Waals surface area contributed by atoms with Crippen LogP contribution < -0.4 is 15.9 Å². The molecule has 192 valence electrons. The summed E-state index contributed by atoms with van der Waals surface area (Å²) < 4.78 is 26.1. The Morgan fingerprint density at radius 1 is 1.26 bits per heavy atom. The number of aliphatic carboxylic acids is 1. The van der Waals surface area contributed by atoms with E-state index in [1.165, 1.54) is 18.2 Å². The summed E-state index contributed by atoms with van der Waals surface area (Å²) in [5.74, 6) is 1.95. The van der Waals surface area contributed by atoms with Crippen LogP contribution in [-0.2, 0) is 29.9 Å². The van der Waals surface area contributed by atoms with Gasteiger partial charge < -0.3 is 21.2 Å². The van der Waals surface area contributed by atoms with Crippen molar-refractivity contribution in [3.63, 3.8) is 0 Å². The Balaban J connectivity index is 2.09. The Labute approximate surface area is 203 Å². The van der Waals surface area contributed by atoms with E-state index in [0.29, 0.717) is 24.0 Å². The van der Waals surface area contributed by atoms with E-state index in [2.05, 4.69) is 10.4 Å². The number of carbonyl (C=O) groups is 4. The highest BCUT2D eigenvalue weighted by atomic mass is 32.2. The van der Waals surface area contributed by atoms with E-state index in [-0.39, 0.29) is 5.75 Å². The number of benzene rings is 1. The summed E-state index contributed by atoms with van der Waals surface area (Å²) in [5.41, 5.74) is -0.189. The Bertz CT molecular complexity index is 1110. The smallest absolute Gasteiger partial charge is 0.328 e. The molecule has 4 amide bonds. The number of nitrogens with two attached hydrogens (primary N) is 1. The molecule has 13 nitrogen and oxygen atoms in total. The van der Waals surface area contributed by atoms with Gasteiger partial charge in [0.25, 0.3) is 5.91 Å². The van der Waals surface area contributed by atoms with Crippen molar-refractivity contribution in [2.24, 2.45) is 10.9 Å². The first kappa shape index (κ1) is 27.7. The third kappa shape index (κ3) is 6.33. The van der Waals surface area contributed by atoms with Crippen molar-refractivity contribution in [2.75, 3.05) is 25.9 Å². The van der Waals surface area contributed by atoms with Crippen LogP contribution >= 0.6 is 0 Å². The van der Waals surface area contributed by atoms with Gasteiger partial charge in [-0.15, -0.1) is 0 Å². The molecule has 1 aromatic carbocycles. The maximum atomic E-state index is 13.2. The van der Waals surface area contributed by atoms with Gasteiger partial charge in [-0.2, -0.15) is 9.82 Å². The molecule has 35 heavy (non-hydrogen) atoms. The number of sulfonamides is 1. The Morgan fingerprint density at radius 3 is 2.43 bits per heavy atom. The lowest BCUT2D eigenvalue weighted by atomic mass is 9.90. The number of unbranched alkanes of at least 4 members (excludes halogenated alkanes) is 1. The van der Waals surface area contributed by atoms with Crippen molar-refractivity contribution in [2.45, 2.75) is 38.3 Å². The molecule has 2 unspecified atom stereocenters. The monoisotopic (exact) mass is 510 g/mol. The molecule has 0 saturated carbocycles. The van der Waals surface area contributed by atoms with E-state index >= 15 is 0 Å². The molecule has 1 aliphatic rings. The third-order valence-electron chi connectivity index (χ3n) is 5.74. The molecular formula is C21H30N6O7S. The van der Waals surface area contributed by atoms with Crippen LogP contribution in [-0.4, -0.2) is 85.3 Å². The molecule has 0 aliphatic carbocycles. The van der Waals surface area contributed by atoms with Gasteiger partial charge in [-0.25, -0.2) is 13.2 Å². The zero-order chi connectivity index (χ0) is 26.4. The number of hydrogen-bond donors (Lipinski definition) is 4. The average Bonchev–Trinajstić information content (AvgIpc) is 2.97. The summed E-state index contributed by atoms with van der Waals surface area (Å²) in [6.07, 6.45) is 2.37. The van der Waals surface area contributed by atoms with Crippen molar-refractivity contribution < 1.29 is 32.7 Å². The van der Waals surface area contributed by atoms with Crippen LogP contribution in [0.25, 0.3) is 0 Å². The molecule has 0 bridgehead atoms. The third-order valence-corrected chi connectivity index (χ3v) is 7.21. The van der Waals surface area contributed by atoms with Gasteiger partial charge in [0.05, 0.1) is 12.0 Å². The molecule has 14 heteroatoms. The molecule has 0 spiro atoms. The fourth-order valence-corrected chi connectivity index (χ4v) is 4.91. The fraction of sp³-hybridized carbons (Fsp3) is 0.476. The number of urea groups is 1. The van der Waals surface area contributed by atoms with Gasteiger partial charge in [0, 0.05) is 13.6 Å². The van der Waals surface area contributed by atoms with Crippen LogP contribution in [0, 0.1) is 0 Å². The zero-order valence-corrected chi connectivity index (χ0v) is 20.5. The molecular weight excluding hydrogens is 480 g/mol. The second-order valence-corrected chi connectivity index (χ2v) is 10.1. The number of carboxylic acids is 1. The second-order valence-electron chi connectivity index (χ2n) is 8.19. The van der Waals surface area contributed by atoms with Crippen LogP contribution in [0.3, 0.4) is 0 Å². The van der Waals surface area contributed by atoms with Gasteiger partial charge in [-0.3, -0.25) is 19.3 Å². The number of imide groups is 1. The lowest BCUT2D eigenvalue weighted by Gasteiger charge is -2.29. The van der Waals surface area contributed by atoms with E-state index in [9.17, 15) is 32.7 Å². The van der Waals surface area contributed by atoms with E-state index < -0.39 is 58.5 Å². The quantitative estimate of drug-likeness (QED) is 0.124. The number of amides is 4. The van der Waals surface area contributed by atoms with Crippen LogP contribution in [0.15, 0.2) is 29.4 Å². The summed E-state index contributed by atoms with van der Waals surface area (Å²) >= 11 is 0. The minimum atomic E-state index is -3.86. The highest BCUT2D eigenvalue weighted by Gasteiger charge is 2.54. The first-order valence-corrected chi connectivity index (χ1v) is 12.5. The van der Waals surface area contributed by atoms with Gasteiger partial charge in [0.2, 0.25) is 15.9 Å². The first-order valence-electron chi connectivity index (χ1n) is 10.8. The number of likely N-dealkylation sites (N-methyl/N-ethyl adjacent to an activating group) is 1. The van der Waals surface area contributed by atoms with Crippen LogP contribution in [0.4, 0.5) is 4.79 Å². The van der Waals surface area contributed by atoms with Crippen molar-refractivity contribution in [3.05, 3.63) is 35.4 Å². The lowest BCUT2D eigenvalue weighted by Crippen LogP contribution is -2.50. The van der Waals surface area contributed by atoms with Gasteiger partial charge in [0.15, 0.2) is 0 Å². The van der Waals surface area contributed by atoms with Gasteiger partial charge >= 0.3 is 12.0 Å². The number of carbonyl (C=O) groups excluding carboxylic acids is 3. The minimum absolute atomic E-state index is 0.247. The van der Waals surface area contributed by atoms with E-state index in [1.807, 2.05) is 4.72 Å². The highest BCUT2D eigenvalue weighted by Crippen LogP contribution is 2.35. The van der Waals surface area contributed by atoms with Crippen molar-refractivity contribution >= 4 is 40.1 Å². The molecule has 2 rings (SSSR count). The van der Waals surface area contributed by atoms with Crippen LogP contribution in [0.5, 0.6) is 0 Å². The molecule has 2 atom stereocenters. The molecule has 1 aromatic rings. The Morgan fingerprint density at radius 2 is 1.89 bits per heavy atom. The molecule has 1 heterocycles. The topological polar surface area (TPSA) is 192 Å². The van der Waals surface area contributed by atoms with Crippen molar-refractivity contribution in [1.82, 2.24) is 19.8 Å². The van der Waals surface area contributed by atoms with Gasteiger partial charge in [0.1, 0.15) is 18.1 Å². The zero-order valence-electron chi connectivity index (χ0n) is 19.7. The minimum Gasteiger partial charge on any atom is -0.480 e. The summed E-state index contributed by atoms with van der Waals surface area (Å²) in [7, 11) is -2.43. The van der Waals surface area contributed by atoms with Gasteiger partial charge in [-0.1, -0.05) is 37.6 Å². The molecule has 1 aliphatic heterocycles. The number of hydrazone groups is 1. The maximum absolute atomic E-state index is 13.2. The standard InChI is InChI=1S/C21H30N6O7S/c1-4-5-10-35(33,34)25-16(18(29)30)12-23-17(28)13-27-19(31)21(2,26(3)20(27)32)15-8-6-14(7-9-15)11-24-22/h6-9,11,16,25H,4-5,10,12-13,22H2,1-3H3,(H,23,28)(H,29,30). The number of rotatable bonds is 12. The predicted octanol–water partition coefficient (Wildman–Crippen LogP) is -0.623. The highest BCUT2D eigenvalue weighted by molar-refractivity contribution is 7.89. The second kappa shape index (κ2) is 11.3. The number of hydrogen-bond acceptors (Lipinski definition) is 8. The molecule has 5 N–H and O–H groups in total. The Hall–Kier alpha value is -3.52. The van der Waals surface area contributed by atoms with Crippen LogP contribution in [0.1, 0.15) is 37.8 Å². The first-order chi connectivity index (χ1) is 16.4. The summed E-state index contributed by atoms with van der Waals surface area (Å²) in [4.78, 5) is 51.8. The summed E-state index contributed by atoms with van der Waals surface area (Å²) in [5, 5.41) is 15.0. The predicted molar refractivity (Wildman–Crippen MR) is 127 cm³/mol. The van der Waals surface area contributed by atoms with Gasteiger partial charge in [-0.05, 0) is 24.5 Å². The Kier molecular flexibility index (Phi) is 8.93. The van der Waals surface area contributed by atoms with E-state index in [1.54, 1.807) is 38.1 Å². The summed E-state index contributed by atoms with van der Waals surface area (Å²) in [6, 6.07) is 4.32. The van der Waals surface area contributed by atoms with Crippen molar-refractivity contribution in [3.8, 4) is 0 Å².